The molecule has 2 rings (SSSR count). The fourth-order valence-electron chi connectivity index (χ4n) is 2.27. The van der Waals surface area contributed by atoms with Gasteiger partial charge in [0.1, 0.15) is 5.75 Å². The highest BCUT2D eigenvalue weighted by molar-refractivity contribution is 6.06. The molecule has 0 fully saturated rings. The van der Waals surface area contributed by atoms with Crippen molar-refractivity contribution in [2.45, 2.75) is 13.2 Å². The van der Waals surface area contributed by atoms with Crippen molar-refractivity contribution in [3.8, 4) is 23.0 Å². The van der Waals surface area contributed by atoms with E-state index in [4.69, 9.17) is 9.47 Å². The summed E-state index contributed by atoms with van der Waals surface area (Å²) < 4.78 is 68.1. The van der Waals surface area contributed by atoms with Gasteiger partial charge in [0.15, 0.2) is 17.3 Å². The Morgan fingerprint density at radius 3 is 1.89 bits per heavy atom. The van der Waals surface area contributed by atoms with Gasteiger partial charge in [-0.05, 0) is 48.0 Å². The van der Waals surface area contributed by atoms with Gasteiger partial charge in [0.2, 0.25) is 5.75 Å². The fraction of sp³-hybridized carbons (Fsp3) is 0.211. The van der Waals surface area contributed by atoms with Crippen LogP contribution < -0.4 is 18.9 Å². The van der Waals surface area contributed by atoms with Gasteiger partial charge < -0.3 is 18.9 Å². The van der Waals surface area contributed by atoms with E-state index >= 15 is 0 Å². The number of ketones is 1. The van der Waals surface area contributed by atoms with Crippen LogP contribution in [0.15, 0.2) is 42.5 Å². The molecule has 0 unspecified atom stereocenters. The van der Waals surface area contributed by atoms with Crippen LogP contribution in [0.5, 0.6) is 23.0 Å². The predicted molar refractivity (Wildman–Crippen MR) is 92.6 cm³/mol. The van der Waals surface area contributed by atoms with E-state index in [1.54, 1.807) is 0 Å². The minimum atomic E-state index is -3.07. The van der Waals surface area contributed by atoms with Crippen LogP contribution >= 0.6 is 0 Å². The van der Waals surface area contributed by atoms with Crippen molar-refractivity contribution in [3.63, 3.8) is 0 Å². The maximum absolute atomic E-state index is 12.6. The first-order chi connectivity index (χ1) is 13.3. The van der Waals surface area contributed by atoms with Crippen molar-refractivity contribution >= 4 is 11.9 Å². The maximum Gasteiger partial charge on any atom is 0.387 e. The number of alkyl halides is 4. The molecule has 0 aromatic heterocycles. The average molecular weight is 400 g/mol. The summed E-state index contributed by atoms with van der Waals surface area (Å²) in [6.45, 7) is -6.02. The Hall–Kier alpha value is -3.23. The molecule has 0 aliphatic rings. The van der Waals surface area contributed by atoms with Crippen molar-refractivity contribution in [3.05, 3.63) is 53.6 Å². The second-order valence-corrected chi connectivity index (χ2v) is 5.23. The number of carbonyl (C=O) groups is 1. The molecule has 0 aliphatic carbocycles. The highest BCUT2D eigenvalue weighted by atomic mass is 19.3. The number of ether oxygens (including phenoxy) is 4. The van der Waals surface area contributed by atoms with Crippen LogP contribution in [-0.2, 0) is 0 Å². The number of halogens is 4. The maximum atomic E-state index is 12.6. The van der Waals surface area contributed by atoms with Crippen molar-refractivity contribution < 1.29 is 41.3 Å². The third-order valence-electron chi connectivity index (χ3n) is 3.48. The quantitative estimate of drug-likeness (QED) is 0.344. The normalized spacial score (nSPS) is 11.1. The Kier molecular flexibility index (Phi) is 7.25. The van der Waals surface area contributed by atoms with Crippen LogP contribution in [0, 0.1) is 0 Å². The smallest absolute Gasteiger partial charge is 0.387 e. The highest BCUT2D eigenvalue weighted by Crippen LogP contribution is 2.39. The lowest BCUT2D eigenvalue weighted by molar-refractivity contribution is -0.0527. The topological polar surface area (TPSA) is 54.0 Å². The van der Waals surface area contributed by atoms with Gasteiger partial charge in [-0.25, -0.2) is 0 Å². The van der Waals surface area contributed by atoms with Crippen LogP contribution in [0.2, 0.25) is 0 Å². The minimum absolute atomic E-state index is 0.000231. The SMILES string of the molecule is COc1cc(/C=C/C(=O)c2ccc(OC(F)F)cc2)cc(OC)c1OC(F)F. The molecule has 0 bridgehead atoms. The predicted octanol–water partition coefficient (Wildman–Crippen LogP) is 4.80. The van der Waals surface area contributed by atoms with E-state index in [0.717, 1.165) is 0 Å². The Balaban J connectivity index is 2.21. The summed E-state index contributed by atoms with van der Waals surface area (Å²) in [5.74, 6) is -0.743. The molecule has 0 spiro atoms. The molecule has 0 heterocycles. The molecule has 0 saturated heterocycles. The van der Waals surface area contributed by atoms with E-state index < -0.39 is 19.0 Å². The summed E-state index contributed by atoms with van der Waals surface area (Å²) in [5, 5.41) is 0. The van der Waals surface area contributed by atoms with Crippen molar-refractivity contribution in [1.29, 1.82) is 0 Å². The number of methoxy groups -OCH3 is 2. The van der Waals surface area contributed by atoms with Gasteiger partial charge in [0, 0.05) is 5.56 Å². The molecule has 5 nitrogen and oxygen atoms in total. The molecule has 0 N–H and O–H groups in total. The van der Waals surface area contributed by atoms with Gasteiger partial charge in [-0.15, -0.1) is 0 Å². The number of hydrogen-bond acceptors (Lipinski definition) is 5. The Morgan fingerprint density at radius 1 is 0.893 bits per heavy atom. The molecule has 0 radical (unpaired) electrons. The van der Waals surface area contributed by atoms with Gasteiger partial charge in [-0.1, -0.05) is 6.08 Å². The molecule has 150 valence electrons. The second kappa shape index (κ2) is 9.63. The van der Waals surface area contributed by atoms with Gasteiger partial charge in [-0.2, -0.15) is 17.6 Å². The average Bonchev–Trinajstić information content (AvgIpc) is 2.66. The van der Waals surface area contributed by atoms with E-state index in [2.05, 4.69) is 9.47 Å². The number of carbonyl (C=O) groups excluding carboxylic acids is 1. The van der Waals surface area contributed by atoms with Gasteiger partial charge in [0.05, 0.1) is 14.2 Å². The molecular weight excluding hydrogens is 384 g/mol. The zero-order valence-electron chi connectivity index (χ0n) is 14.8. The van der Waals surface area contributed by atoms with Crippen molar-refractivity contribution in [2.24, 2.45) is 0 Å². The Bertz CT molecular complexity index is 810. The molecular formula is C19H16F4O5. The molecule has 0 amide bonds. The molecule has 0 aliphatic heterocycles. The second-order valence-electron chi connectivity index (χ2n) is 5.23. The summed E-state index contributed by atoms with van der Waals surface area (Å²) >= 11 is 0. The lowest BCUT2D eigenvalue weighted by Crippen LogP contribution is -2.05. The third kappa shape index (κ3) is 5.63. The summed E-state index contributed by atoms with van der Waals surface area (Å²) in [5.41, 5.74) is 0.677. The molecule has 0 saturated carbocycles. The van der Waals surface area contributed by atoms with Gasteiger partial charge in [-0.3, -0.25) is 4.79 Å². The van der Waals surface area contributed by atoms with E-state index in [0.29, 0.717) is 5.56 Å². The standard InChI is InChI=1S/C19H16F4O5/c1-25-15-9-11(10-16(26-2)17(15)28-19(22)23)3-8-14(24)12-4-6-13(7-5-12)27-18(20)21/h3-10,18-19H,1-2H3/b8-3+. The van der Waals surface area contributed by atoms with Crippen LogP contribution in [0.25, 0.3) is 6.08 Å². The summed E-state index contributed by atoms with van der Waals surface area (Å²) in [7, 11) is 2.55. The lowest BCUT2D eigenvalue weighted by atomic mass is 10.1. The Labute approximate surface area is 158 Å². The van der Waals surface area contributed by atoms with Crippen LogP contribution in [0.1, 0.15) is 15.9 Å². The molecule has 0 atom stereocenters. The first kappa shape index (κ1) is 21.1. The number of benzene rings is 2. The Morgan fingerprint density at radius 2 is 1.43 bits per heavy atom. The third-order valence-corrected chi connectivity index (χ3v) is 3.48. The molecule has 2 aromatic rings. The largest absolute Gasteiger partial charge is 0.493 e. The van der Waals surface area contributed by atoms with E-state index in [9.17, 15) is 22.4 Å². The number of allylic oxidation sites excluding steroid dienone is 1. The van der Waals surface area contributed by atoms with E-state index in [-0.39, 0.29) is 28.6 Å². The number of rotatable bonds is 9. The summed E-state index contributed by atoms with van der Waals surface area (Å²) in [4.78, 5) is 12.2. The van der Waals surface area contributed by atoms with Gasteiger partial charge in [0.25, 0.3) is 0 Å². The molecule has 28 heavy (non-hydrogen) atoms. The molecule has 9 heteroatoms. The van der Waals surface area contributed by atoms with Crippen molar-refractivity contribution in [2.75, 3.05) is 14.2 Å². The zero-order chi connectivity index (χ0) is 20.7. The monoisotopic (exact) mass is 400 g/mol. The number of hydrogen-bond donors (Lipinski definition) is 0. The van der Waals surface area contributed by atoms with Crippen molar-refractivity contribution in [1.82, 2.24) is 0 Å². The first-order valence-electron chi connectivity index (χ1n) is 7.82. The van der Waals surface area contributed by atoms with Crippen LogP contribution in [0.3, 0.4) is 0 Å². The van der Waals surface area contributed by atoms with E-state index in [1.807, 2.05) is 0 Å². The summed E-state index contributed by atoms with van der Waals surface area (Å²) in [6, 6.07) is 7.95. The van der Waals surface area contributed by atoms with Gasteiger partial charge >= 0.3 is 13.2 Å². The molecule has 2 aromatic carbocycles. The lowest BCUT2D eigenvalue weighted by Gasteiger charge is -2.14. The highest BCUT2D eigenvalue weighted by Gasteiger charge is 2.17. The first-order valence-corrected chi connectivity index (χ1v) is 7.82. The van der Waals surface area contributed by atoms with E-state index in [1.165, 1.54) is 62.8 Å². The fourth-order valence-corrected chi connectivity index (χ4v) is 2.27. The van der Waals surface area contributed by atoms with Crippen LogP contribution in [0.4, 0.5) is 17.6 Å². The minimum Gasteiger partial charge on any atom is -0.493 e. The zero-order valence-corrected chi connectivity index (χ0v) is 14.8. The summed E-state index contributed by atoms with van der Waals surface area (Å²) in [6.07, 6.45) is 2.65. The van der Waals surface area contributed by atoms with Crippen LogP contribution in [-0.4, -0.2) is 33.2 Å².